The molecular formula is C16H17Cl3OSi. The minimum absolute atomic E-state index is 0.0850. The highest BCUT2D eigenvalue weighted by molar-refractivity contribution is 7.01. The molecule has 5 heteroatoms. The largest absolute Gasteiger partial charge is 0.404 e. The Morgan fingerprint density at radius 3 is 1.52 bits per heavy atom. The third-order valence-electron chi connectivity index (χ3n) is 3.25. The minimum Gasteiger partial charge on any atom is -0.404 e. The first-order chi connectivity index (χ1) is 9.98. The van der Waals surface area contributed by atoms with E-state index in [2.05, 4.69) is 0 Å². The molecule has 0 bridgehead atoms. The van der Waals surface area contributed by atoms with Gasteiger partial charge >= 0.3 is 0 Å². The highest BCUT2D eigenvalue weighted by Gasteiger charge is 2.39. The van der Waals surface area contributed by atoms with Gasteiger partial charge < -0.3 is 4.43 Å². The summed E-state index contributed by atoms with van der Waals surface area (Å²) in [6.45, 7) is 4.06. The maximum absolute atomic E-state index is 6.39. The second kappa shape index (κ2) is 7.17. The summed E-state index contributed by atoms with van der Waals surface area (Å²) in [5, 5.41) is 3.63. The van der Waals surface area contributed by atoms with Crippen LogP contribution in [0.4, 0.5) is 0 Å². The van der Waals surface area contributed by atoms with Crippen molar-refractivity contribution in [3.8, 4) is 0 Å². The summed E-state index contributed by atoms with van der Waals surface area (Å²) in [5.41, 5.74) is 0.439. The van der Waals surface area contributed by atoms with Crippen molar-refractivity contribution in [3.63, 3.8) is 0 Å². The molecule has 0 unspecified atom stereocenters. The van der Waals surface area contributed by atoms with E-state index in [-0.39, 0.29) is 6.10 Å². The van der Waals surface area contributed by atoms with Gasteiger partial charge in [-0.05, 0) is 48.5 Å². The zero-order chi connectivity index (χ0) is 15.5. The first-order valence-electron chi connectivity index (χ1n) is 6.74. The Hall–Kier alpha value is -0.513. The summed E-state index contributed by atoms with van der Waals surface area (Å²) in [5.74, 6) is 0. The summed E-state index contributed by atoms with van der Waals surface area (Å²) in [6, 6.07) is 15.6. The maximum atomic E-state index is 6.39. The molecule has 2 aromatic carbocycles. The molecule has 0 heterocycles. The normalized spacial score (nSPS) is 11.9. The molecule has 21 heavy (non-hydrogen) atoms. The van der Waals surface area contributed by atoms with Crippen LogP contribution in [-0.4, -0.2) is 19.9 Å². The SMILES string of the molecule is CC(C)O[Si](CCl)(c1ccc(Cl)cc1)c1ccc(Cl)cc1. The van der Waals surface area contributed by atoms with Gasteiger partial charge in [-0.15, -0.1) is 11.6 Å². The van der Waals surface area contributed by atoms with Crippen LogP contribution in [0.25, 0.3) is 0 Å². The topological polar surface area (TPSA) is 9.23 Å². The molecule has 0 atom stereocenters. The van der Waals surface area contributed by atoms with Crippen molar-refractivity contribution >= 4 is 53.5 Å². The van der Waals surface area contributed by atoms with Crippen LogP contribution in [0, 0.1) is 0 Å². The predicted octanol–water partition coefficient (Wildman–Crippen LogP) is 4.26. The van der Waals surface area contributed by atoms with Crippen LogP contribution in [0.1, 0.15) is 13.8 Å². The third kappa shape index (κ3) is 3.82. The molecule has 0 fully saturated rings. The average Bonchev–Trinajstić information content (AvgIpc) is 2.46. The van der Waals surface area contributed by atoms with E-state index < -0.39 is 8.32 Å². The van der Waals surface area contributed by atoms with E-state index in [4.69, 9.17) is 39.2 Å². The van der Waals surface area contributed by atoms with E-state index in [1.54, 1.807) is 0 Å². The molecule has 0 amide bonds. The first kappa shape index (κ1) is 16.9. The van der Waals surface area contributed by atoms with Crippen molar-refractivity contribution in [2.24, 2.45) is 0 Å². The van der Waals surface area contributed by atoms with Gasteiger partial charge in [0.25, 0.3) is 8.32 Å². The van der Waals surface area contributed by atoms with Gasteiger partial charge in [-0.25, -0.2) is 0 Å². The van der Waals surface area contributed by atoms with E-state index in [1.165, 1.54) is 0 Å². The van der Waals surface area contributed by atoms with E-state index in [0.717, 1.165) is 10.4 Å². The Balaban J connectivity index is 2.56. The van der Waals surface area contributed by atoms with Crippen LogP contribution < -0.4 is 10.4 Å². The molecular weight excluding hydrogens is 343 g/mol. The molecule has 0 aliphatic rings. The summed E-state index contributed by atoms with van der Waals surface area (Å²) in [4.78, 5) is 0. The van der Waals surface area contributed by atoms with Crippen LogP contribution in [-0.2, 0) is 4.43 Å². The Labute approximate surface area is 141 Å². The van der Waals surface area contributed by atoms with Gasteiger partial charge in [0.15, 0.2) is 0 Å². The van der Waals surface area contributed by atoms with E-state index in [1.807, 2.05) is 62.4 Å². The highest BCUT2D eigenvalue weighted by Crippen LogP contribution is 2.16. The van der Waals surface area contributed by atoms with Gasteiger partial charge in [-0.1, -0.05) is 47.5 Å². The van der Waals surface area contributed by atoms with Crippen LogP contribution >= 0.6 is 34.8 Å². The summed E-state index contributed by atoms with van der Waals surface area (Å²) < 4.78 is 6.36. The first-order valence-corrected chi connectivity index (χ1v) is 10.1. The van der Waals surface area contributed by atoms with Crippen LogP contribution in [0.15, 0.2) is 48.5 Å². The lowest BCUT2D eigenvalue weighted by Gasteiger charge is -2.32. The fourth-order valence-corrected chi connectivity index (χ4v) is 6.89. The summed E-state index contributed by atoms with van der Waals surface area (Å²) in [6.07, 6.45) is 0.0850. The third-order valence-corrected chi connectivity index (χ3v) is 8.66. The fraction of sp³-hybridized carbons (Fsp3) is 0.250. The maximum Gasteiger partial charge on any atom is 0.270 e. The lowest BCUT2D eigenvalue weighted by atomic mass is 10.4. The van der Waals surface area contributed by atoms with Crippen LogP contribution in [0.2, 0.25) is 10.0 Å². The molecule has 2 aromatic rings. The molecule has 0 saturated heterocycles. The standard InChI is InChI=1S/C16H17Cl3OSi/c1-12(2)20-21(11-17,15-7-3-13(18)4-8-15)16-9-5-14(19)6-10-16/h3-10,12H,11H2,1-2H3. The smallest absolute Gasteiger partial charge is 0.270 e. The Morgan fingerprint density at radius 1 is 0.857 bits per heavy atom. The number of rotatable bonds is 5. The highest BCUT2D eigenvalue weighted by atomic mass is 35.5. The number of hydrogen-bond acceptors (Lipinski definition) is 1. The molecule has 0 N–H and O–H groups in total. The molecule has 0 radical (unpaired) electrons. The average molecular weight is 360 g/mol. The van der Waals surface area contributed by atoms with Gasteiger partial charge in [-0.2, -0.15) is 0 Å². The fourth-order valence-electron chi connectivity index (χ4n) is 2.33. The van der Waals surface area contributed by atoms with Gasteiger partial charge in [0.1, 0.15) is 0 Å². The molecule has 0 aromatic heterocycles. The van der Waals surface area contributed by atoms with E-state index in [0.29, 0.717) is 15.5 Å². The number of benzene rings is 2. The zero-order valence-corrected chi connectivity index (χ0v) is 15.2. The zero-order valence-electron chi connectivity index (χ0n) is 11.9. The predicted molar refractivity (Wildman–Crippen MR) is 94.9 cm³/mol. The molecule has 1 nitrogen and oxygen atoms in total. The Bertz CT molecular complexity index is 536. The van der Waals surface area contributed by atoms with Crippen molar-refractivity contribution in [1.82, 2.24) is 0 Å². The number of alkyl halides is 1. The molecule has 0 saturated carbocycles. The lowest BCUT2D eigenvalue weighted by molar-refractivity contribution is 0.241. The van der Waals surface area contributed by atoms with Crippen molar-refractivity contribution in [2.75, 3.05) is 5.50 Å². The number of halogens is 3. The van der Waals surface area contributed by atoms with Crippen molar-refractivity contribution < 1.29 is 4.43 Å². The summed E-state index contributed by atoms with van der Waals surface area (Å²) >= 11 is 18.4. The molecule has 112 valence electrons. The van der Waals surface area contributed by atoms with E-state index in [9.17, 15) is 0 Å². The molecule has 0 aliphatic heterocycles. The van der Waals surface area contributed by atoms with Crippen molar-refractivity contribution in [3.05, 3.63) is 58.6 Å². The van der Waals surface area contributed by atoms with E-state index >= 15 is 0 Å². The van der Waals surface area contributed by atoms with Crippen molar-refractivity contribution in [2.45, 2.75) is 20.0 Å². The van der Waals surface area contributed by atoms with Crippen LogP contribution in [0.3, 0.4) is 0 Å². The van der Waals surface area contributed by atoms with Gasteiger partial charge in [-0.3, -0.25) is 0 Å². The summed E-state index contributed by atoms with van der Waals surface area (Å²) in [7, 11) is -2.48. The second-order valence-corrected chi connectivity index (χ2v) is 10.1. The lowest BCUT2D eigenvalue weighted by Crippen LogP contribution is -2.64. The van der Waals surface area contributed by atoms with Gasteiger partial charge in [0, 0.05) is 21.7 Å². The molecule has 2 rings (SSSR count). The Morgan fingerprint density at radius 2 is 1.24 bits per heavy atom. The van der Waals surface area contributed by atoms with Crippen LogP contribution in [0.5, 0.6) is 0 Å². The second-order valence-electron chi connectivity index (χ2n) is 5.14. The quantitative estimate of drug-likeness (QED) is 0.572. The Kier molecular flexibility index (Phi) is 5.75. The minimum atomic E-state index is -2.48. The molecule has 0 aliphatic carbocycles. The monoisotopic (exact) mass is 358 g/mol. The van der Waals surface area contributed by atoms with Gasteiger partial charge in [0.05, 0.1) is 0 Å². The molecule has 0 spiro atoms. The van der Waals surface area contributed by atoms with Gasteiger partial charge in [0.2, 0.25) is 0 Å². The van der Waals surface area contributed by atoms with Crippen molar-refractivity contribution in [1.29, 1.82) is 0 Å². The number of hydrogen-bond donors (Lipinski definition) is 0.